The molecule has 1 saturated heterocycles. The summed E-state index contributed by atoms with van der Waals surface area (Å²) in [7, 11) is 0. The van der Waals surface area contributed by atoms with E-state index >= 15 is 0 Å². The Labute approximate surface area is 141 Å². The summed E-state index contributed by atoms with van der Waals surface area (Å²) in [6.45, 7) is 5.01. The van der Waals surface area contributed by atoms with E-state index < -0.39 is 5.56 Å². The van der Waals surface area contributed by atoms with Gasteiger partial charge in [-0.05, 0) is 37.2 Å². The maximum Gasteiger partial charge on any atom is 0.261 e. The zero-order chi connectivity index (χ0) is 17.5. The summed E-state index contributed by atoms with van der Waals surface area (Å²) < 4.78 is 0. The highest BCUT2D eigenvalue weighted by Crippen LogP contribution is 2.33. The van der Waals surface area contributed by atoms with Crippen LogP contribution < -0.4 is 11.3 Å². The first kappa shape index (κ1) is 16.9. The van der Waals surface area contributed by atoms with Gasteiger partial charge in [0, 0.05) is 36.8 Å². The zero-order valence-electron chi connectivity index (χ0n) is 14.4. The van der Waals surface area contributed by atoms with Crippen molar-refractivity contribution in [1.82, 2.24) is 9.88 Å². The molecule has 130 valence electrons. The van der Waals surface area contributed by atoms with Gasteiger partial charge in [-0.3, -0.25) is 14.4 Å². The zero-order valence-corrected chi connectivity index (χ0v) is 14.4. The van der Waals surface area contributed by atoms with Crippen LogP contribution in [-0.4, -0.2) is 40.7 Å². The molecule has 1 aromatic heterocycles. The minimum absolute atomic E-state index is 0.0134. The lowest BCUT2D eigenvalue weighted by molar-refractivity contribution is 0.0621. The van der Waals surface area contributed by atoms with Gasteiger partial charge >= 0.3 is 0 Å². The summed E-state index contributed by atoms with van der Waals surface area (Å²) in [5, 5.41) is 0. The van der Waals surface area contributed by atoms with Crippen molar-refractivity contribution < 1.29 is 9.59 Å². The van der Waals surface area contributed by atoms with Crippen LogP contribution in [0.2, 0.25) is 0 Å². The predicted molar refractivity (Wildman–Crippen MR) is 91.2 cm³/mol. The van der Waals surface area contributed by atoms with Crippen LogP contribution in [0, 0.1) is 5.41 Å². The Morgan fingerprint density at radius 2 is 2.08 bits per heavy atom. The number of ketones is 1. The monoisotopic (exact) mass is 331 g/mol. The molecule has 0 bridgehead atoms. The second kappa shape index (κ2) is 6.16. The first-order chi connectivity index (χ1) is 11.3. The van der Waals surface area contributed by atoms with Gasteiger partial charge in [-0.2, -0.15) is 0 Å². The van der Waals surface area contributed by atoms with E-state index in [4.69, 9.17) is 5.73 Å². The third-order valence-electron chi connectivity index (χ3n) is 5.11. The summed E-state index contributed by atoms with van der Waals surface area (Å²) >= 11 is 0. The van der Waals surface area contributed by atoms with Crippen molar-refractivity contribution in [3.8, 4) is 0 Å². The maximum atomic E-state index is 12.8. The van der Waals surface area contributed by atoms with Gasteiger partial charge in [0.25, 0.3) is 11.5 Å². The van der Waals surface area contributed by atoms with Gasteiger partial charge in [0.1, 0.15) is 5.56 Å². The van der Waals surface area contributed by atoms with Gasteiger partial charge in [-0.25, -0.2) is 0 Å². The number of hydrogen-bond acceptors (Lipinski definition) is 4. The van der Waals surface area contributed by atoms with Crippen molar-refractivity contribution in [1.29, 1.82) is 0 Å². The van der Waals surface area contributed by atoms with Gasteiger partial charge in [0.2, 0.25) is 0 Å². The molecule has 1 aliphatic heterocycles. The van der Waals surface area contributed by atoms with E-state index in [1.54, 1.807) is 4.90 Å². The Kier molecular flexibility index (Phi) is 4.34. The molecule has 1 aliphatic carbocycles. The summed E-state index contributed by atoms with van der Waals surface area (Å²) in [5.74, 6) is -0.326. The average molecular weight is 331 g/mol. The summed E-state index contributed by atoms with van der Waals surface area (Å²) in [4.78, 5) is 42.2. The van der Waals surface area contributed by atoms with E-state index in [0.717, 1.165) is 19.3 Å². The average Bonchev–Trinajstić information content (AvgIpc) is 2.52. The third kappa shape index (κ3) is 3.02. The molecule has 1 atom stereocenters. The van der Waals surface area contributed by atoms with Gasteiger partial charge in [0.05, 0.1) is 0 Å². The van der Waals surface area contributed by atoms with Gasteiger partial charge < -0.3 is 15.6 Å². The first-order valence-electron chi connectivity index (χ1n) is 8.63. The molecule has 3 rings (SSSR count). The summed E-state index contributed by atoms with van der Waals surface area (Å²) in [5.41, 5.74) is 6.38. The van der Waals surface area contributed by atoms with Crippen LogP contribution >= 0.6 is 0 Å². The van der Waals surface area contributed by atoms with Crippen LogP contribution in [0.4, 0.5) is 0 Å². The van der Waals surface area contributed by atoms with Gasteiger partial charge in [-0.1, -0.05) is 13.8 Å². The van der Waals surface area contributed by atoms with Crippen molar-refractivity contribution in [2.45, 2.75) is 52.0 Å². The number of fused-ring (bicyclic) bond motifs is 1. The minimum atomic E-state index is -0.411. The van der Waals surface area contributed by atoms with Crippen LogP contribution in [0.1, 0.15) is 65.9 Å². The molecule has 2 heterocycles. The normalized spacial score (nSPS) is 23.0. The topological polar surface area (TPSA) is 96.3 Å². The molecule has 24 heavy (non-hydrogen) atoms. The highest BCUT2D eigenvalue weighted by Gasteiger charge is 2.34. The van der Waals surface area contributed by atoms with Crippen LogP contribution in [-0.2, 0) is 6.42 Å². The van der Waals surface area contributed by atoms with E-state index in [1.807, 2.05) is 13.8 Å². The van der Waals surface area contributed by atoms with Crippen molar-refractivity contribution in [3.63, 3.8) is 0 Å². The lowest BCUT2D eigenvalue weighted by atomic mass is 9.75. The highest BCUT2D eigenvalue weighted by atomic mass is 16.2. The number of carbonyl (C=O) groups is 2. The molecule has 1 fully saturated rings. The van der Waals surface area contributed by atoms with Crippen LogP contribution in [0.25, 0.3) is 0 Å². The summed E-state index contributed by atoms with van der Waals surface area (Å²) in [6.07, 6.45) is 3.87. The number of nitrogens with one attached hydrogen (secondary N) is 1. The molecule has 1 amide bonds. The Bertz CT molecular complexity index is 736. The molecule has 0 saturated carbocycles. The quantitative estimate of drug-likeness (QED) is 0.858. The van der Waals surface area contributed by atoms with Gasteiger partial charge in [-0.15, -0.1) is 0 Å². The second-order valence-electron chi connectivity index (χ2n) is 7.73. The number of aromatic nitrogens is 1. The molecule has 0 aromatic carbocycles. The molecular formula is C18H25N3O3. The number of piperidine rings is 1. The Hall–Kier alpha value is -1.95. The Morgan fingerprint density at radius 3 is 2.79 bits per heavy atom. The maximum absolute atomic E-state index is 12.8. The standard InChI is InChI=1S/C18H25N3O3/c1-18(2)8-14-12(15(22)9-18)7-13(16(23)20-14)17(24)21-6-4-3-5-11(21)10-19/h7,11H,3-6,8-10,19H2,1-2H3,(H,20,23). The highest BCUT2D eigenvalue weighted by molar-refractivity contribution is 6.02. The van der Waals surface area contributed by atoms with E-state index in [0.29, 0.717) is 37.2 Å². The first-order valence-corrected chi connectivity index (χ1v) is 8.63. The number of likely N-dealkylation sites (tertiary alicyclic amines) is 1. The van der Waals surface area contributed by atoms with Crippen LogP contribution in [0.5, 0.6) is 0 Å². The number of H-pyrrole nitrogens is 1. The molecule has 2 aliphatic rings. The van der Waals surface area contributed by atoms with Crippen molar-refractivity contribution in [3.05, 3.63) is 33.2 Å². The largest absolute Gasteiger partial charge is 0.334 e. The fraction of sp³-hybridized carbons (Fsp3) is 0.611. The summed E-state index contributed by atoms with van der Waals surface area (Å²) in [6, 6.07) is 1.47. The van der Waals surface area contributed by atoms with Crippen molar-refractivity contribution >= 4 is 11.7 Å². The number of Topliss-reactive ketones (excluding diaryl/α,β-unsaturated/α-hetero) is 1. The van der Waals surface area contributed by atoms with E-state index in [2.05, 4.69) is 4.98 Å². The number of nitrogens with two attached hydrogens (primary N) is 1. The van der Waals surface area contributed by atoms with E-state index in [1.165, 1.54) is 6.07 Å². The molecule has 3 N–H and O–H groups in total. The fourth-order valence-electron chi connectivity index (χ4n) is 3.85. The fourth-order valence-corrected chi connectivity index (χ4v) is 3.85. The van der Waals surface area contributed by atoms with Crippen LogP contribution in [0.3, 0.4) is 0 Å². The molecule has 0 radical (unpaired) electrons. The number of rotatable bonds is 2. The number of hydrogen-bond donors (Lipinski definition) is 2. The van der Waals surface area contributed by atoms with Crippen molar-refractivity contribution in [2.24, 2.45) is 11.1 Å². The smallest absolute Gasteiger partial charge is 0.261 e. The molecular weight excluding hydrogens is 306 g/mol. The van der Waals surface area contributed by atoms with Crippen molar-refractivity contribution in [2.75, 3.05) is 13.1 Å². The third-order valence-corrected chi connectivity index (χ3v) is 5.11. The Balaban J connectivity index is 1.98. The number of pyridine rings is 1. The minimum Gasteiger partial charge on any atom is -0.334 e. The lowest BCUT2D eigenvalue weighted by Gasteiger charge is -2.35. The number of nitrogens with zero attached hydrogens (tertiary/aromatic N) is 1. The lowest BCUT2D eigenvalue weighted by Crippen LogP contribution is -2.48. The van der Waals surface area contributed by atoms with Crippen LogP contribution in [0.15, 0.2) is 10.9 Å². The van der Waals surface area contributed by atoms with E-state index in [9.17, 15) is 14.4 Å². The second-order valence-corrected chi connectivity index (χ2v) is 7.73. The van der Waals surface area contributed by atoms with E-state index in [-0.39, 0.29) is 28.7 Å². The number of carbonyl (C=O) groups excluding carboxylic acids is 2. The number of aromatic amines is 1. The van der Waals surface area contributed by atoms with Gasteiger partial charge in [0.15, 0.2) is 5.78 Å². The predicted octanol–water partition coefficient (Wildman–Crippen LogP) is 1.48. The number of amides is 1. The Morgan fingerprint density at radius 1 is 1.33 bits per heavy atom. The molecule has 1 aromatic rings. The molecule has 0 spiro atoms. The molecule has 1 unspecified atom stereocenters. The molecule has 6 nitrogen and oxygen atoms in total. The molecule has 6 heteroatoms. The SMILES string of the molecule is CC1(C)CC(=O)c2cc(C(=O)N3CCCCC3CN)c(=O)[nH]c2C1.